The first-order chi connectivity index (χ1) is 11.0. The zero-order valence-corrected chi connectivity index (χ0v) is 11.7. The van der Waals surface area contributed by atoms with Crippen LogP contribution in [0.4, 0.5) is 10.3 Å². The summed E-state index contributed by atoms with van der Waals surface area (Å²) >= 11 is 0. The molecular formula is C16H10FNO5. The van der Waals surface area contributed by atoms with Gasteiger partial charge in [-0.05, 0) is 23.8 Å². The summed E-state index contributed by atoms with van der Waals surface area (Å²) in [5, 5.41) is 20.4. The van der Waals surface area contributed by atoms with Crippen LogP contribution < -0.4 is 0 Å². The number of carboxylic acids is 1. The molecule has 0 atom stereocenters. The molecule has 7 heteroatoms. The monoisotopic (exact) mass is 315 g/mol. The second-order valence-electron chi connectivity index (χ2n) is 4.92. The molecular weight excluding hydrogens is 305 g/mol. The molecule has 0 unspecified atom stereocenters. The number of hydrogen-bond donors (Lipinski definition) is 1. The van der Waals surface area contributed by atoms with E-state index in [9.17, 15) is 19.3 Å². The van der Waals surface area contributed by atoms with Crippen LogP contribution in [0.25, 0.3) is 22.1 Å². The lowest BCUT2D eigenvalue weighted by molar-refractivity contribution is -0.400. The van der Waals surface area contributed by atoms with E-state index in [1.807, 2.05) is 0 Å². The largest absolute Gasteiger partial charge is 0.481 e. The predicted octanol–water partition coefficient (Wildman–Crippen LogP) is 3.77. The molecule has 0 radical (unpaired) electrons. The minimum atomic E-state index is -1.03. The van der Waals surface area contributed by atoms with Gasteiger partial charge in [0.25, 0.3) is 0 Å². The van der Waals surface area contributed by atoms with E-state index in [0.717, 1.165) is 0 Å². The Kier molecular flexibility index (Phi) is 3.53. The first-order valence-electron chi connectivity index (χ1n) is 6.64. The first-order valence-corrected chi connectivity index (χ1v) is 6.64. The molecule has 0 saturated heterocycles. The summed E-state index contributed by atoms with van der Waals surface area (Å²) in [6, 6.07) is 10.1. The minimum Gasteiger partial charge on any atom is -0.481 e. The van der Waals surface area contributed by atoms with Gasteiger partial charge in [0.2, 0.25) is 0 Å². The molecule has 0 fully saturated rings. The van der Waals surface area contributed by atoms with Crippen molar-refractivity contribution < 1.29 is 23.6 Å². The Morgan fingerprint density at radius 1 is 1.26 bits per heavy atom. The Hall–Kier alpha value is -3.22. The number of carbonyl (C=O) groups is 1. The number of hydrogen-bond acceptors (Lipinski definition) is 4. The van der Waals surface area contributed by atoms with E-state index in [2.05, 4.69) is 0 Å². The number of rotatable bonds is 4. The molecule has 0 aliphatic rings. The molecule has 6 nitrogen and oxygen atoms in total. The molecule has 0 bridgehead atoms. The van der Waals surface area contributed by atoms with Crippen LogP contribution in [-0.2, 0) is 11.2 Å². The van der Waals surface area contributed by atoms with Gasteiger partial charge in [-0.1, -0.05) is 24.3 Å². The van der Waals surface area contributed by atoms with Gasteiger partial charge >= 0.3 is 11.9 Å². The van der Waals surface area contributed by atoms with Crippen LogP contribution in [0, 0.1) is 15.9 Å². The van der Waals surface area contributed by atoms with Gasteiger partial charge in [0, 0.05) is 10.9 Å². The Bertz CT molecular complexity index is 931. The highest BCUT2D eigenvalue weighted by molar-refractivity contribution is 5.99. The number of carboxylic acid groups (broad SMARTS) is 1. The van der Waals surface area contributed by atoms with Crippen LogP contribution in [0.5, 0.6) is 0 Å². The third kappa shape index (κ3) is 2.64. The molecule has 116 valence electrons. The average Bonchev–Trinajstić information content (AvgIpc) is 2.86. The lowest BCUT2D eigenvalue weighted by atomic mass is 10.0. The first kappa shape index (κ1) is 14.7. The van der Waals surface area contributed by atoms with Crippen LogP contribution in [0.3, 0.4) is 0 Å². The van der Waals surface area contributed by atoms with Gasteiger partial charge in [0.05, 0.1) is 6.42 Å². The summed E-state index contributed by atoms with van der Waals surface area (Å²) in [6.45, 7) is 0. The van der Waals surface area contributed by atoms with Crippen molar-refractivity contribution >= 4 is 22.8 Å². The highest BCUT2D eigenvalue weighted by Crippen LogP contribution is 2.41. The van der Waals surface area contributed by atoms with Crippen LogP contribution >= 0.6 is 0 Å². The second-order valence-corrected chi connectivity index (χ2v) is 4.92. The molecule has 0 aliphatic heterocycles. The second kappa shape index (κ2) is 5.53. The normalized spacial score (nSPS) is 10.8. The Balaban J connectivity index is 2.32. The van der Waals surface area contributed by atoms with Crippen molar-refractivity contribution in [3.8, 4) is 11.1 Å². The molecule has 0 spiro atoms. The fourth-order valence-electron chi connectivity index (χ4n) is 2.47. The molecule has 0 amide bonds. The van der Waals surface area contributed by atoms with E-state index in [1.165, 1.54) is 36.4 Å². The quantitative estimate of drug-likeness (QED) is 0.584. The van der Waals surface area contributed by atoms with Crippen molar-refractivity contribution in [3.63, 3.8) is 0 Å². The third-order valence-electron chi connectivity index (χ3n) is 3.40. The zero-order valence-electron chi connectivity index (χ0n) is 11.7. The van der Waals surface area contributed by atoms with Crippen LogP contribution in [0.2, 0.25) is 0 Å². The van der Waals surface area contributed by atoms with Gasteiger partial charge in [-0.3, -0.25) is 14.9 Å². The molecule has 1 heterocycles. The Labute approximate surface area is 128 Å². The predicted molar refractivity (Wildman–Crippen MR) is 79.6 cm³/mol. The summed E-state index contributed by atoms with van der Waals surface area (Å²) < 4.78 is 19.3. The van der Waals surface area contributed by atoms with E-state index >= 15 is 0 Å². The van der Waals surface area contributed by atoms with Gasteiger partial charge in [0.15, 0.2) is 0 Å². The van der Waals surface area contributed by atoms with Crippen molar-refractivity contribution in [2.24, 2.45) is 0 Å². The standard InChI is InChI=1S/C16H10FNO5/c17-12-4-2-1-3-10(12)15-11-7-9(8-14(19)20)5-6-13(11)23-16(15)18(21)22/h1-7H,8H2,(H,19,20). The SMILES string of the molecule is O=C(O)Cc1ccc2oc([N+](=O)[O-])c(-c3ccccc3F)c2c1. The topological polar surface area (TPSA) is 93.6 Å². The number of furan rings is 1. The minimum absolute atomic E-state index is 0.00957. The summed E-state index contributed by atoms with van der Waals surface area (Å²) in [7, 11) is 0. The lowest BCUT2D eigenvalue weighted by Gasteiger charge is -2.01. The number of halogens is 1. The lowest BCUT2D eigenvalue weighted by Crippen LogP contribution is -1.99. The maximum absolute atomic E-state index is 14.1. The molecule has 23 heavy (non-hydrogen) atoms. The average molecular weight is 315 g/mol. The van der Waals surface area contributed by atoms with Gasteiger partial charge in [0.1, 0.15) is 21.9 Å². The Morgan fingerprint density at radius 3 is 2.65 bits per heavy atom. The van der Waals surface area contributed by atoms with E-state index in [-0.39, 0.29) is 23.1 Å². The van der Waals surface area contributed by atoms with Gasteiger partial charge in [-0.2, -0.15) is 0 Å². The van der Waals surface area contributed by atoms with Crippen molar-refractivity contribution in [1.82, 2.24) is 0 Å². The summed E-state index contributed by atoms with van der Waals surface area (Å²) in [4.78, 5) is 21.3. The number of nitrogens with zero attached hydrogens (tertiary/aromatic N) is 1. The van der Waals surface area contributed by atoms with Crippen molar-refractivity contribution in [1.29, 1.82) is 0 Å². The van der Waals surface area contributed by atoms with Gasteiger partial charge in [-0.15, -0.1) is 0 Å². The molecule has 1 aromatic heterocycles. The van der Waals surface area contributed by atoms with Crippen LogP contribution in [0.1, 0.15) is 5.56 Å². The highest BCUT2D eigenvalue weighted by Gasteiger charge is 2.27. The Morgan fingerprint density at radius 2 is 2.00 bits per heavy atom. The summed E-state index contributed by atoms with van der Waals surface area (Å²) in [6.07, 6.45) is -0.244. The molecule has 1 N–H and O–H groups in total. The number of nitro groups is 1. The van der Waals surface area contributed by atoms with Crippen LogP contribution in [0.15, 0.2) is 46.9 Å². The molecule has 0 aliphatic carbocycles. The number of benzene rings is 2. The van der Waals surface area contributed by atoms with Crippen molar-refractivity contribution in [3.05, 3.63) is 64.0 Å². The van der Waals surface area contributed by atoms with E-state index < -0.39 is 22.6 Å². The fraction of sp³-hybridized carbons (Fsp3) is 0.0625. The summed E-state index contributed by atoms with van der Waals surface area (Å²) in [5.41, 5.74) is 0.683. The molecule has 2 aromatic carbocycles. The van der Waals surface area contributed by atoms with Crippen molar-refractivity contribution in [2.45, 2.75) is 6.42 Å². The van der Waals surface area contributed by atoms with Gasteiger partial charge in [-0.25, -0.2) is 4.39 Å². The zero-order chi connectivity index (χ0) is 16.6. The van der Waals surface area contributed by atoms with Gasteiger partial charge < -0.3 is 9.52 Å². The molecule has 3 aromatic rings. The van der Waals surface area contributed by atoms with Crippen LogP contribution in [-0.4, -0.2) is 16.0 Å². The molecule has 3 rings (SSSR count). The maximum atomic E-state index is 14.1. The van der Waals surface area contributed by atoms with Crippen molar-refractivity contribution in [2.75, 3.05) is 0 Å². The number of aliphatic carboxylic acids is 1. The highest BCUT2D eigenvalue weighted by atomic mass is 19.1. The fourth-order valence-corrected chi connectivity index (χ4v) is 2.47. The molecule has 0 saturated carbocycles. The third-order valence-corrected chi connectivity index (χ3v) is 3.40. The van der Waals surface area contributed by atoms with E-state index in [1.54, 1.807) is 6.07 Å². The smallest absolute Gasteiger partial charge is 0.442 e. The van der Waals surface area contributed by atoms with E-state index in [0.29, 0.717) is 10.9 Å². The van der Waals surface area contributed by atoms with E-state index in [4.69, 9.17) is 9.52 Å². The summed E-state index contributed by atoms with van der Waals surface area (Å²) in [5.74, 6) is -2.23. The maximum Gasteiger partial charge on any atom is 0.442 e. The number of fused-ring (bicyclic) bond motifs is 1.